The summed E-state index contributed by atoms with van der Waals surface area (Å²) in [6.07, 6.45) is 0.501. The van der Waals surface area contributed by atoms with E-state index in [9.17, 15) is 9.59 Å². The highest BCUT2D eigenvalue weighted by molar-refractivity contribution is 9.14. The SMILES string of the molecule is COC(=O)/C(Br)=C(\Br)C=O. The zero-order valence-corrected chi connectivity index (χ0v) is 8.23. The predicted octanol–water partition coefficient (Wildman–Crippen LogP) is 1.36. The number of allylic oxidation sites excluding steroid dienone is 1. The molecule has 3 nitrogen and oxygen atoms in total. The average Bonchev–Trinajstić information content (AvgIpc) is 2.00. The van der Waals surface area contributed by atoms with Gasteiger partial charge in [-0.3, -0.25) is 4.79 Å². The van der Waals surface area contributed by atoms with Gasteiger partial charge in [0.2, 0.25) is 0 Å². The Kier molecular flexibility index (Phi) is 4.55. The van der Waals surface area contributed by atoms with Gasteiger partial charge in [0, 0.05) is 0 Å². The lowest BCUT2D eigenvalue weighted by Gasteiger charge is -1.95. The Bertz CT molecular complexity index is 185. The monoisotopic (exact) mass is 270 g/mol. The van der Waals surface area contributed by atoms with Gasteiger partial charge in [-0.15, -0.1) is 0 Å². The fourth-order valence-corrected chi connectivity index (χ4v) is 0.656. The molecular formula is C5H4Br2O3. The van der Waals surface area contributed by atoms with Crippen molar-refractivity contribution in [3.05, 3.63) is 8.96 Å². The second-order valence-corrected chi connectivity index (χ2v) is 2.92. The summed E-state index contributed by atoms with van der Waals surface area (Å²) in [6, 6.07) is 0. The van der Waals surface area contributed by atoms with Crippen LogP contribution in [0.4, 0.5) is 0 Å². The second-order valence-electron chi connectivity index (χ2n) is 1.27. The first kappa shape index (κ1) is 9.84. The topological polar surface area (TPSA) is 43.4 Å². The van der Waals surface area contributed by atoms with E-state index in [-0.39, 0.29) is 8.96 Å². The van der Waals surface area contributed by atoms with Gasteiger partial charge in [0.1, 0.15) is 4.48 Å². The molecule has 0 spiro atoms. The van der Waals surface area contributed by atoms with Crippen molar-refractivity contribution in [1.29, 1.82) is 0 Å². The van der Waals surface area contributed by atoms with Crippen LogP contribution in [0, 0.1) is 0 Å². The average molecular weight is 272 g/mol. The molecule has 10 heavy (non-hydrogen) atoms. The van der Waals surface area contributed by atoms with Gasteiger partial charge in [0.05, 0.1) is 11.6 Å². The summed E-state index contributed by atoms with van der Waals surface area (Å²) < 4.78 is 4.53. The first-order chi connectivity index (χ1) is 4.63. The van der Waals surface area contributed by atoms with Gasteiger partial charge < -0.3 is 4.74 Å². The van der Waals surface area contributed by atoms with Gasteiger partial charge in [0.25, 0.3) is 0 Å². The Morgan fingerprint density at radius 1 is 1.50 bits per heavy atom. The minimum absolute atomic E-state index is 0.0880. The molecule has 0 fully saturated rings. The molecule has 0 saturated heterocycles. The van der Waals surface area contributed by atoms with Crippen molar-refractivity contribution in [2.24, 2.45) is 0 Å². The highest BCUT2D eigenvalue weighted by Gasteiger charge is 2.09. The number of methoxy groups -OCH3 is 1. The van der Waals surface area contributed by atoms with Gasteiger partial charge in [0.15, 0.2) is 6.29 Å². The highest BCUT2D eigenvalue weighted by atomic mass is 79.9. The Labute approximate surface area is 74.7 Å². The van der Waals surface area contributed by atoms with E-state index < -0.39 is 5.97 Å². The number of aldehydes is 1. The first-order valence-corrected chi connectivity index (χ1v) is 3.80. The molecule has 0 unspecified atom stereocenters. The molecule has 0 radical (unpaired) electrons. The number of hydrogen-bond donors (Lipinski definition) is 0. The quantitative estimate of drug-likeness (QED) is 0.433. The molecule has 0 aliphatic carbocycles. The zero-order chi connectivity index (χ0) is 8.15. The molecule has 0 aromatic heterocycles. The van der Waals surface area contributed by atoms with Crippen molar-refractivity contribution in [3.63, 3.8) is 0 Å². The van der Waals surface area contributed by atoms with Gasteiger partial charge in [-0.2, -0.15) is 0 Å². The molecule has 0 aliphatic rings. The largest absolute Gasteiger partial charge is 0.465 e. The van der Waals surface area contributed by atoms with E-state index in [0.717, 1.165) is 0 Å². The van der Waals surface area contributed by atoms with E-state index >= 15 is 0 Å². The van der Waals surface area contributed by atoms with Crippen molar-refractivity contribution in [1.82, 2.24) is 0 Å². The van der Waals surface area contributed by atoms with Gasteiger partial charge in [-0.1, -0.05) is 0 Å². The van der Waals surface area contributed by atoms with E-state index in [0.29, 0.717) is 6.29 Å². The Morgan fingerprint density at radius 2 is 2.00 bits per heavy atom. The number of esters is 1. The van der Waals surface area contributed by atoms with Crippen molar-refractivity contribution < 1.29 is 14.3 Å². The molecule has 0 aromatic carbocycles. The third-order valence-corrected chi connectivity index (χ3v) is 2.54. The molecule has 0 heterocycles. The fraction of sp³-hybridized carbons (Fsp3) is 0.200. The molecule has 0 saturated carbocycles. The maximum absolute atomic E-state index is 10.6. The standard InChI is InChI=1S/C5H4Br2O3/c1-10-5(9)4(7)3(6)2-8/h2H,1H3/b4-3+. The van der Waals surface area contributed by atoms with E-state index in [4.69, 9.17) is 0 Å². The van der Waals surface area contributed by atoms with E-state index in [2.05, 4.69) is 36.6 Å². The number of rotatable bonds is 2. The lowest BCUT2D eigenvalue weighted by atomic mass is 10.5. The summed E-state index contributed by atoms with van der Waals surface area (Å²) in [5.74, 6) is -0.584. The molecule has 0 aliphatic heterocycles. The van der Waals surface area contributed by atoms with Crippen LogP contribution < -0.4 is 0 Å². The van der Waals surface area contributed by atoms with E-state index in [1.165, 1.54) is 7.11 Å². The first-order valence-electron chi connectivity index (χ1n) is 2.22. The zero-order valence-electron chi connectivity index (χ0n) is 5.06. The molecule has 0 amide bonds. The number of hydrogen-bond acceptors (Lipinski definition) is 3. The number of carbonyl (C=O) groups is 2. The highest BCUT2D eigenvalue weighted by Crippen LogP contribution is 2.16. The number of carbonyl (C=O) groups excluding carboxylic acids is 2. The van der Waals surface area contributed by atoms with Gasteiger partial charge in [-0.25, -0.2) is 4.79 Å². The van der Waals surface area contributed by atoms with Gasteiger partial charge >= 0.3 is 5.97 Å². The maximum atomic E-state index is 10.6. The van der Waals surface area contributed by atoms with Crippen LogP contribution in [0.1, 0.15) is 0 Å². The predicted molar refractivity (Wildman–Crippen MR) is 43.0 cm³/mol. The van der Waals surface area contributed by atoms with Crippen LogP contribution in [0.25, 0.3) is 0 Å². The summed E-state index contributed by atoms with van der Waals surface area (Å²) in [6.45, 7) is 0. The van der Waals surface area contributed by atoms with Crippen LogP contribution in [-0.4, -0.2) is 19.4 Å². The van der Waals surface area contributed by atoms with Gasteiger partial charge in [-0.05, 0) is 31.9 Å². The molecule has 0 bridgehead atoms. The molecule has 0 rings (SSSR count). The van der Waals surface area contributed by atoms with Crippen LogP contribution >= 0.6 is 31.9 Å². The van der Waals surface area contributed by atoms with Crippen molar-refractivity contribution in [2.45, 2.75) is 0 Å². The van der Waals surface area contributed by atoms with Crippen LogP contribution in [0.15, 0.2) is 8.96 Å². The van der Waals surface area contributed by atoms with E-state index in [1.54, 1.807) is 0 Å². The second kappa shape index (κ2) is 4.62. The van der Waals surface area contributed by atoms with E-state index in [1.807, 2.05) is 0 Å². The van der Waals surface area contributed by atoms with Crippen molar-refractivity contribution >= 4 is 44.1 Å². The van der Waals surface area contributed by atoms with Crippen LogP contribution in [0.2, 0.25) is 0 Å². The molecule has 5 heteroatoms. The molecular weight excluding hydrogens is 268 g/mol. The van der Waals surface area contributed by atoms with Crippen LogP contribution in [-0.2, 0) is 14.3 Å². The summed E-state index contributed by atoms with van der Waals surface area (Å²) >= 11 is 5.70. The third-order valence-electron chi connectivity index (χ3n) is 0.678. The van der Waals surface area contributed by atoms with Crippen LogP contribution in [0.5, 0.6) is 0 Å². The van der Waals surface area contributed by atoms with Crippen LogP contribution in [0.3, 0.4) is 0 Å². The maximum Gasteiger partial charge on any atom is 0.346 e. The number of ether oxygens (including phenoxy) is 1. The third kappa shape index (κ3) is 2.62. The van der Waals surface area contributed by atoms with Crippen molar-refractivity contribution in [3.8, 4) is 0 Å². The fourth-order valence-electron chi connectivity index (χ4n) is 0.239. The summed E-state index contributed by atoms with van der Waals surface area (Å²) in [4.78, 5) is 20.6. The van der Waals surface area contributed by atoms with Crippen molar-refractivity contribution in [2.75, 3.05) is 7.11 Å². The Morgan fingerprint density at radius 3 is 2.30 bits per heavy atom. The summed E-state index contributed by atoms with van der Waals surface area (Å²) in [5.41, 5.74) is 0. The molecule has 56 valence electrons. The minimum Gasteiger partial charge on any atom is -0.465 e. The molecule has 0 aromatic rings. The lowest BCUT2D eigenvalue weighted by molar-refractivity contribution is -0.135. The smallest absolute Gasteiger partial charge is 0.346 e. The summed E-state index contributed by atoms with van der Waals surface area (Å²) in [5, 5.41) is 0. The normalized spacial score (nSPS) is 11.9. The number of halogens is 2. The Hall–Kier alpha value is -0.160. The minimum atomic E-state index is -0.584. The molecule has 0 atom stereocenters. The lowest BCUT2D eigenvalue weighted by Crippen LogP contribution is -2.00. The Balaban J connectivity index is 4.45. The molecule has 0 N–H and O–H groups in total. The summed E-state index contributed by atoms with van der Waals surface area (Å²) in [7, 11) is 1.23.